The van der Waals surface area contributed by atoms with Crippen LogP contribution in [0.25, 0.3) is 6.08 Å². The van der Waals surface area contributed by atoms with Crippen molar-refractivity contribution in [2.75, 3.05) is 0 Å². The van der Waals surface area contributed by atoms with Gasteiger partial charge in [-0.1, -0.05) is 66.4 Å². The van der Waals surface area contributed by atoms with Crippen LogP contribution in [0.1, 0.15) is 27.0 Å². The molecule has 24 heavy (non-hydrogen) atoms. The van der Waals surface area contributed by atoms with Crippen molar-refractivity contribution in [2.45, 2.75) is 0 Å². The minimum Gasteiger partial charge on any atom is -0.289 e. The van der Waals surface area contributed by atoms with E-state index in [1.165, 1.54) is 0 Å². The molecule has 0 N–H and O–H groups in total. The molecular formula is C23H16O. The minimum absolute atomic E-state index is 0.0126. The van der Waals surface area contributed by atoms with Crippen LogP contribution >= 0.6 is 0 Å². The van der Waals surface area contributed by atoms with Crippen LogP contribution in [0.2, 0.25) is 0 Å². The summed E-state index contributed by atoms with van der Waals surface area (Å²) in [5, 5.41) is 0. The van der Waals surface area contributed by atoms with Gasteiger partial charge in [0.15, 0.2) is 5.78 Å². The number of hydrogen-bond donors (Lipinski definition) is 0. The summed E-state index contributed by atoms with van der Waals surface area (Å²) in [6.45, 7) is 0. The van der Waals surface area contributed by atoms with Gasteiger partial charge in [0.1, 0.15) is 0 Å². The normalized spacial score (nSPS) is 10.2. The van der Waals surface area contributed by atoms with Crippen LogP contribution in [0.15, 0.2) is 91.0 Å². The number of benzene rings is 3. The van der Waals surface area contributed by atoms with E-state index in [1.54, 1.807) is 6.08 Å². The zero-order chi connectivity index (χ0) is 16.6. The molecule has 114 valence electrons. The topological polar surface area (TPSA) is 17.1 Å². The molecule has 3 aromatic rings. The van der Waals surface area contributed by atoms with Crippen LogP contribution in [-0.2, 0) is 0 Å². The van der Waals surface area contributed by atoms with Crippen molar-refractivity contribution in [3.05, 3.63) is 113 Å². The van der Waals surface area contributed by atoms with Crippen molar-refractivity contribution >= 4 is 11.9 Å². The zero-order valence-electron chi connectivity index (χ0n) is 13.1. The second-order valence-corrected chi connectivity index (χ2v) is 5.30. The summed E-state index contributed by atoms with van der Waals surface area (Å²) in [7, 11) is 0. The van der Waals surface area contributed by atoms with Gasteiger partial charge in [-0.05, 0) is 48.0 Å². The highest BCUT2D eigenvalue weighted by Gasteiger charge is 2.00. The van der Waals surface area contributed by atoms with Gasteiger partial charge in [-0.15, -0.1) is 0 Å². The molecule has 0 saturated carbocycles. The lowest BCUT2D eigenvalue weighted by atomic mass is 10.1. The van der Waals surface area contributed by atoms with Crippen molar-refractivity contribution in [2.24, 2.45) is 0 Å². The molecule has 3 rings (SSSR count). The molecule has 0 radical (unpaired) electrons. The van der Waals surface area contributed by atoms with Gasteiger partial charge in [-0.2, -0.15) is 0 Å². The van der Waals surface area contributed by atoms with Crippen molar-refractivity contribution in [3.63, 3.8) is 0 Å². The Labute approximate surface area is 142 Å². The van der Waals surface area contributed by atoms with E-state index in [1.807, 2.05) is 91.0 Å². The van der Waals surface area contributed by atoms with E-state index in [9.17, 15) is 4.79 Å². The average Bonchev–Trinajstić information content (AvgIpc) is 2.66. The van der Waals surface area contributed by atoms with Crippen molar-refractivity contribution in [1.29, 1.82) is 0 Å². The molecule has 0 aliphatic heterocycles. The molecule has 0 fully saturated rings. The minimum atomic E-state index is -0.0126. The summed E-state index contributed by atoms with van der Waals surface area (Å²) in [5.74, 6) is 6.20. The van der Waals surface area contributed by atoms with E-state index < -0.39 is 0 Å². The van der Waals surface area contributed by atoms with Crippen LogP contribution in [0.5, 0.6) is 0 Å². The molecule has 0 unspecified atom stereocenters. The summed E-state index contributed by atoms with van der Waals surface area (Å²) in [6.07, 6.45) is 3.42. The first kappa shape index (κ1) is 15.5. The first-order valence-corrected chi connectivity index (χ1v) is 7.76. The summed E-state index contributed by atoms with van der Waals surface area (Å²) < 4.78 is 0. The maximum Gasteiger partial charge on any atom is 0.185 e. The number of rotatable bonds is 3. The molecule has 0 saturated heterocycles. The Morgan fingerprint density at radius 3 is 1.83 bits per heavy atom. The average molecular weight is 308 g/mol. The summed E-state index contributed by atoms with van der Waals surface area (Å²) in [6, 6.07) is 27.0. The predicted octanol–water partition coefficient (Wildman–Crippen LogP) is 4.98. The molecule has 0 aliphatic carbocycles. The fourth-order valence-electron chi connectivity index (χ4n) is 2.22. The molecule has 0 bridgehead atoms. The molecule has 1 heteroatoms. The van der Waals surface area contributed by atoms with Gasteiger partial charge in [0.05, 0.1) is 0 Å². The standard InChI is InChI=1S/C23H16O/c24-23(18-15-20-9-5-2-6-10-20)22-16-13-21(14-17-22)12-11-19-7-3-1-4-8-19/h1-10,13-18H. The molecule has 0 atom stereocenters. The quantitative estimate of drug-likeness (QED) is 0.379. The molecule has 0 heterocycles. The zero-order valence-corrected chi connectivity index (χ0v) is 13.1. The molecule has 1 nitrogen and oxygen atoms in total. The second-order valence-electron chi connectivity index (χ2n) is 5.30. The number of allylic oxidation sites excluding steroid dienone is 1. The highest BCUT2D eigenvalue weighted by atomic mass is 16.1. The van der Waals surface area contributed by atoms with Gasteiger partial charge in [-0.3, -0.25) is 4.79 Å². The van der Waals surface area contributed by atoms with Gasteiger partial charge >= 0.3 is 0 Å². The predicted molar refractivity (Wildman–Crippen MR) is 98.7 cm³/mol. The Balaban J connectivity index is 1.69. The van der Waals surface area contributed by atoms with Gasteiger partial charge in [-0.25, -0.2) is 0 Å². The monoisotopic (exact) mass is 308 g/mol. The van der Waals surface area contributed by atoms with Crippen LogP contribution in [-0.4, -0.2) is 5.78 Å². The van der Waals surface area contributed by atoms with E-state index in [4.69, 9.17) is 0 Å². The summed E-state index contributed by atoms with van der Waals surface area (Å²) in [4.78, 5) is 12.2. The Hall–Kier alpha value is -3.37. The summed E-state index contributed by atoms with van der Waals surface area (Å²) >= 11 is 0. The number of carbonyl (C=O) groups is 1. The first-order chi connectivity index (χ1) is 11.8. The van der Waals surface area contributed by atoms with E-state index in [-0.39, 0.29) is 5.78 Å². The number of ketones is 1. The van der Waals surface area contributed by atoms with E-state index >= 15 is 0 Å². The fourth-order valence-corrected chi connectivity index (χ4v) is 2.22. The van der Waals surface area contributed by atoms with Gasteiger partial charge < -0.3 is 0 Å². The maximum atomic E-state index is 12.2. The van der Waals surface area contributed by atoms with Crippen LogP contribution in [0.4, 0.5) is 0 Å². The summed E-state index contributed by atoms with van der Waals surface area (Å²) in [5.41, 5.74) is 3.54. The third-order valence-corrected chi connectivity index (χ3v) is 3.52. The van der Waals surface area contributed by atoms with Crippen molar-refractivity contribution < 1.29 is 4.79 Å². The van der Waals surface area contributed by atoms with Gasteiger partial charge in [0, 0.05) is 16.7 Å². The van der Waals surface area contributed by atoms with Crippen molar-refractivity contribution in [1.82, 2.24) is 0 Å². The lowest BCUT2D eigenvalue weighted by Gasteiger charge is -1.97. The highest BCUT2D eigenvalue weighted by Crippen LogP contribution is 2.08. The largest absolute Gasteiger partial charge is 0.289 e. The maximum absolute atomic E-state index is 12.2. The molecule has 0 aliphatic rings. The molecule has 0 spiro atoms. The van der Waals surface area contributed by atoms with Crippen LogP contribution in [0.3, 0.4) is 0 Å². The van der Waals surface area contributed by atoms with Gasteiger partial charge in [0.25, 0.3) is 0 Å². The first-order valence-electron chi connectivity index (χ1n) is 7.76. The third kappa shape index (κ3) is 4.32. The van der Waals surface area contributed by atoms with Crippen LogP contribution < -0.4 is 0 Å². The van der Waals surface area contributed by atoms with Crippen LogP contribution in [0, 0.1) is 11.8 Å². The number of carbonyl (C=O) groups excluding carboxylic acids is 1. The highest BCUT2D eigenvalue weighted by molar-refractivity contribution is 6.06. The lowest BCUT2D eigenvalue weighted by Crippen LogP contribution is -1.93. The molecule has 3 aromatic carbocycles. The number of hydrogen-bond acceptors (Lipinski definition) is 1. The smallest absolute Gasteiger partial charge is 0.185 e. The van der Waals surface area contributed by atoms with Gasteiger partial charge in [0.2, 0.25) is 0 Å². The lowest BCUT2D eigenvalue weighted by molar-refractivity contribution is 0.104. The Morgan fingerprint density at radius 1 is 0.667 bits per heavy atom. The molecular weight excluding hydrogens is 292 g/mol. The Kier molecular flexibility index (Phi) is 5.02. The van der Waals surface area contributed by atoms with E-state index in [0.717, 1.165) is 16.7 Å². The Morgan fingerprint density at radius 2 is 1.21 bits per heavy atom. The Bertz CT molecular complexity index is 893. The van der Waals surface area contributed by atoms with E-state index in [0.29, 0.717) is 5.56 Å². The van der Waals surface area contributed by atoms with Crippen molar-refractivity contribution in [3.8, 4) is 11.8 Å². The molecule has 0 aromatic heterocycles. The SMILES string of the molecule is O=C(C=Cc1ccccc1)c1ccc(C#Cc2ccccc2)cc1. The molecule has 0 amide bonds. The van der Waals surface area contributed by atoms with E-state index in [2.05, 4.69) is 11.8 Å². The second kappa shape index (κ2) is 7.76. The fraction of sp³-hybridized carbons (Fsp3) is 0. The third-order valence-electron chi connectivity index (χ3n) is 3.52.